The van der Waals surface area contributed by atoms with Crippen LogP contribution in [0.2, 0.25) is 0 Å². The van der Waals surface area contributed by atoms with Crippen LogP contribution in [0.5, 0.6) is 0 Å². The summed E-state index contributed by atoms with van der Waals surface area (Å²) in [6.45, 7) is 3.93. The lowest BCUT2D eigenvalue weighted by molar-refractivity contribution is -0.149. The number of likely N-dealkylation sites (N-methyl/N-ethyl adjacent to an activating group) is 1. The monoisotopic (exact) mass is 271 g/mol. The van der Waals surface area contributed by atoms with Crippen molar-refractivity contribution in [3.63, 3.8) is 0 Å². The molecule has 0 aromatic carbocycles. The highest BCUT2D eigenvalue weighted by Crippen LogP contribution is 2.16. The molecule has 1 heterocycles. The number of carbonyl (C=O) groups is 4. The summed E-state index contributed by atoms with van der Waals surface area (Å²) in [6, 6.07) is -1.68. The summed E-state index contributed by atoms with van der Waals surface area (Å²) in [7, 11) is 1.31. The number of imide groups is 1. The average molecular weight is 271 g/mol. The first-order valence-electron chi connectivity index (χ1n) is 5.70. The maximum absolute atomic E-state index is 11.9. The molecule has 0 saturated carbocycles. The number of nitrogens with zero attached hydrogens (tertiary/aromatic N) is 2. The van der Waals surface area contributed by atoms with Crippen LogP contribution in [0.4, 0.5) is 4.79 Å². The van der Waals surface area contributed by atoms with Crippen molar-refractivity contribution in [2.24, 2.45) is 0 Å². The summed E-state index contributed by atoms with van der Waals surface area (Å²) >= 11 is 0. The van der Waals surface area contributed by atoms with Gasteiger partial charge < -0.3 is 15.3 Å². The third-order valence-electron chi connectivity index (χ3n) is 3.07. The molecule has 0 spiro atoms. The Bertz CT molecular complexity index is 446. The van der Waals surface area contributed by atoms with Gasteiger partial charge in [-0.25, -0.2) is 9.59 Å². The number of urea groups is 1. The molecule has 0 radical (unpaired) electrons. The minimum Gasteiger partial charge on any atom is -0.480 e. The number of hydrogen-bond donors (Lipinski definition) is 2. The molecule has 0 aliphatic carbocycles. The summed E-state index contributed by atoms with van der Waals surface area (Å²) in [5.74, 6) is -2.29. The van der Waals surface area contributed by atoms with Gasteiger partial charge in [0, 0.05) is 7.05 Å². The minimum absolute atomic E-state index is 0.470. The number of nitrogens with one attached hydrogen (secondary N) is 1. The highest BCUT2D eigenvalue weighted by molar-refractivity contribution is 6.08. The molecular formula is C11H17N3O5. The number of hydrogen-bond acceptors (Lipinski definition) is 4. The zero-order chi connectivity index (χ0) is 15.0. The van der Waals surface area contributed by atoms with Crippen LogP contribution >= 0.6 is 0 Å². The second-order valence-corrected chi connectivity index (χ2v) is 4.97. The molecular weight excluding hydrogens is 254 g/mol. The zero-order valence-corrected chi connectivity index (χ0v) is 11.3. The molecule has 19 heavy (non-hydrogen) atoms. The van der Waals surface area contributed by atoms with E-state index in [1.165, 1.54) is 27.8 Å². The standard InChI is InChI=1S/C11H17N3O5/c1-6(8(16)17)13(4)7(15)5-14-9(18)11(2,3)12-10(14)19/h6H,5H2,1-4H3,(H,12,19)(H,16,17)/t6-/m1/s1. The van der Waals surface area contributed by atoms with Gasteiger partial charge in [-0.15, -0.1) is 0 Å². The lowest BCUT2D eigenvalue weighted by Crippen LogP contribution is -2.47. The Labute approximate surface area is 110 Å². The van der Waals surface area contributed by atoms with Crippen molar-refractivity contribution in [2.75, 3.05) is 13.6 Å². The van der Waals surface area contributed by atoms with Gasteiger partial charge in [0.15, 0.2) is 0 Å². The first-order chi connectivity index (χ1) is 8.58. The van der Waals surface area contributed by atoms with Crippen molar-refractivity contribution in [3.8, 4) is 0 Å². The fourth-order valence-electron chi connectivity index (χ4n) is 1.59. The van der Waals surface area contributed by atoms with Crippen molar-refractivity contribution in [1.29, 1.82) is 0 Å². The number of carbonyl (C=O) groups excluding carboxylic acids is 3. The van der Waals surface area contributed by atoms with E-state index in [1.807, 2.05) is 0 Å². The molecule has 106 valence electrons. The summed E-state index contributed by atoms with van der Waals surface area (Å²) in [4.78, 5) is 47.8. The Balaban J connectivity index is 2.76. The Hall–Kier alpha value is -2.12. The molecule has 8 heteroatoms. The van der Waals surface area contributed by atoms with Crippen LogP contribution in [0.1, 0.15) is 20.8 Å². The molecule has 1 saturated heterocycles. The molecule has 0 aromatic rings. The molecule has 1 aliphatic rings. The van der Waals surface area contributed by atoms with Crippen LogP contribution in [0.15, 0.2) is 0 Å². The molecule has 0 aromatic heterocycles. The molecule has 0 unspecified atom stereocenters. The lowest BCUT2D eigenvalue weighted by Gasteiger charge is -2.23. The summed E-state index contributed by atoms with van der Waals surface area (Å²) in [5, 5.41) is 11.2. The van der Waals surface area contributed by atoms with E-state index in [2.05, 4.69) is 5.32 Å². The SMILES string of the molecule is C[C@H](C(=O)O)N(C)C(=O)CN1C(=O)NC(C)(C)C1=O. The van der Waals surface area contributed by atoms with Crippen LogP contribution in [-0.2, 0) is 14.4 Å². The molecule has 1 fully saturated rings. The maximum Gasteiger partial charge on any atom is 0.326 e. The molecule has 8 nitrogen and oxygen atoms in total. The van der Waals surface area contributed by atoms with Crippen molar-refractivity contribution < 1.29 is 24.3 Å². The van der Waals surface area contributed by atoms with Crippen LogP contribution in [0.3, 0.4) is 0 Å². The van der Waals surface area contributed by atoms with E-state index >= 15 is 0 Å². The number of rotatable bonds is 4. The lowest BCUT2D eigenvalue weighted by atomic mass is 10.1. The van der Waals surface area contributed by atoms with Gasteiger partial charge in [0.05, 0.1) is 0 Å². The van der Waals surface area contributed by atoms with E-state index in [0.717, 1.165) is 9.80 Å². The van der Waals surface area contributed by atoms with Gasteiger partial charge in [0.2, 0.25) is 5.91 Å². The van der Waals surface area contributed by atoms with Gasteiger partial charge in [-0.05, 0) is 20.8 Å². The fraction of sp³-hybridized carbons (Fsp3) is 0.636. The second-order valence-electron chi connectivity index (χ2n) is 4.97. The van der Waals surface area contributed by atoms with Crippen molar-refractivity contribution in [3.05, 3.63) is 0 Å². The van der Waals surface area contributed by atoms with Gasteiger partial charge in [-0.1, -0.05) is 0 Å². The van der Waals surface area contributed by atoms with E-state index in [9.17, 15) is 19.2 Å². The van der Waals surface area contributed by atoms with E-state index in [-0.39, 0.29) is 0 Å². The number of carboxylic acid groups (broad SMARTS) is 1. The zero-order valence-electron chi connectivity index (χ0n) is 11.3. The fourth-order valence-corrected chi connectivity index (χ4v) is 1.59. The van der Waals surface area contributed by atoms with Crippen LogP contribution in [0, 0.1) is 0 Å². The quantitative estimate of drug-likeness (QED) is 0.654. The van der Waals surface area contributed by atoms with Gasteiger partial charge in [0.1, 0.15) is 18.1 Å². The molecule has 1 atom stereocenters. The number of carboxylic acids is 1. The molecule has 1 rings (SSSR count). The van der Waals surface area contributed by atoms with Crippen molar-refractivity contribution in [1.82, 2.24) is 15.1 Å². The van der Waals surface area contributed by atoms with Crippen LogP contribution in [-0.4, -0.2) is 63.9 Å². The van der Waals surface area contributed by atoms with Gasteiger partial charge in [0.25, 0.3) is 5.91 Å². The summed E-state index contributed by atoms with van der Waals surface area (Å²) in [6.07, 6.45) is 0. The molecule has 1 aliphatic heterocycles. The predicted octanol–water partition coefficient (Wildman–Crippen LogP) is -0.752. The van der Waals surface area contributed by atoms with E-state index < -0.39 is 41.9 Å². The first kappa shape index (κ1) is 14.9. The molecule has 2 N–H and O–H groups in total. The van der Waals surface area contributed by atoms with Gasteiger partial charge >= 0.3 is 12.0 Å². The van der Waals surface area contributed by atoms with Crippen LogP contribution < -0.4 is 5.32 Å². The highest BCUT2D eigenvalue weighted by Gasteiger charge is 2.45. The van der Waals surface area contributed by atoms with E-state index in [4.69, 9.17) is 5.11 Å². The highest BCUT2D eigenvalue weighted by atomic mass is 16.4. The van der Waals surface area contributed by atoms with E-state index in [1.54, 1.807) is 0 Å². The second kappa shape index (κ2) is 4.87. The minimum atomic E-state index is -1.16. The first-order valence-corrected chi connectivity index (χ1v) is 5.70. The van der Waals surface area contributed by atoms with E-state index in [0.29, 0.717) is 0 Å². The average Bonchev–Trinajstić information content (AvgIpc) is 2.49. The summed E-state index contributed by atoms with van der Waals surface area (Å²) in [5.41, 5.74) is -1.05. The Kier molecular flexibility index (Phi) is 3.83. The Morgan fingerprint density at radius 1 is 1.42 bits per heavy atom. The van der Waals surface area contributed by atoms with Gasteiger partial charge in [-0.2, -0.15) is 0 Å². The maximum atomic E-state index is 11.9. The van der Waals surface area contributed by atoms with Crippen molar-refractivity contribution >= 4 is 23.8 Å². The molecule has 0 bridgehead atoms. The normalized spacial score (nSPS) is 19.1. The summed E-state index contributed by atoms with van der Waals surface area (Å²) < 4.78 is 0. The largest absolute Gasteiger partial charge is 0.480 e. The number of aliphatic carboxylic acids is 1. The number of amides is 4. The smallest absolute Gasteiger partial charge is 0.326 e. The third-order valence-corrected chi connectivity index (χ3v) is 3.07. The van der Waals surface area contributed by atoms with Gasteiger partial charge in [-0.3, -0.25) is 14.5 Å². The van der Waals surface area contributed by atoms with Crippen molar-refractivity contribution in [2.45, 2.75) is 32.4 Å². The third kappa shape index (κ3) is 2.83. The van der Waals surface area contributed by atoms with Crippen LogP contribution in [0.25, 0.3) is 0 Å². The topological polar surface area (TPSA) is 107 Å². The Morgan fingerprint density at radius 2 is 1.95 bits per heavy atom. The predicted molar refractivity (Wildman–Crippen MR) is 64.2 cm³/mol. The Morgan fingerprint density at radius 3 is 2.32 bits per heavy atom. The molecule has 4 amide bonds.